The standard InChI is InChI=1S/C13H18ClN/c1-9-6-12(14)7-10(2)13(9)11-4-3-5-15-8-11/h6-7,11,15H,3-5,8H2,1-2H3. The minimum Gasteiger partial charge on any atom is -0.316 e. The van der Waals surface area contributed by atoms with E-state index in [-0.39, 0.29) is 0 Å². The van der Waals surface area contributed by atoms with Gasteiger partial charge in [0.1, 0.15) is 0 Å². The van der Waals surface area contributed by atoms with Gasteiger partial charge in [-0.25, -0.2) is 0 Å². The Morgan fingerprint density at radius 1 is 1.27 bits per heavy atom. The Bertz CT molecular complexity index is 331. The van der Waals surface area contributed by atoms with E-state index in [2.05, 4.69) is 31.3 Å². The number of piperidine rings is 1. The molecule has 1 fully saturated rings. The van der Waals surface area contributed by atoms with E-state index >= 15 is 0 Å². The van der Waals surface area contributed by atoms with Gasteiger partial charge >= 0.3 is 0 Å². The third kappa shape index (κ3) is 2.35. The van der Waals surface area contributed by atoms with Gasteiger partial charge in [-0.2, -0.15) is 0 Å². The zero-order valence-electron chi connectivity index (χ0n) is 9.44. The average molecular weight is 224 g/mol. The first-order valence-corrected chi connectivity index (χ1v) is 6.03. The lowest BCUT2D eigenvalue weighted by atomic mass is 9.86. The predicted octanol–water partition coefficient (Wildman–Crippen LogP) is 3.42. The van der Waals surface area contributed by atoms with E-state index in [0.717, 1.165) is 11.6 Å². The number of aryl methyl sites for hydroxylation is 2. The minimum absolute atomic E-state index is 0.677. The van der Waals surface area contributed by atoms with Gasteiger partial charge in [0.2, 0.25) is 0 Å². The van der Waals surface area contributed by atoms with E-state index in [0.29, 0.717) is 5.92 Å². The lowest BCUT2D eigenvalue weighted by Gasteiger charge is -2.26. The van der Waals surface area contributed by atoms with Crippen molar-refractivity contribution in [3.8, 4) is 0 Å². The van der Waals surface area contributed by atoms with Crippen LogP contribution in [0.2, 0.25) is 5.02 Å². The molecule has 0 aliphatic carbocycles. The van der Waals surface area contributed by atoms with E-state index < -0.39 is 0 Å². The molecular weight excluding hydrogens is 206 g/mol. The highest BCUT2D eigenvalue weighted by molar-refractivity contribution is 6.30. The molecule has 82 valence electrons. The van der Waals surface area contributed by atoms with Gasteiger partial charge in [0.05, 0.1) is 0 Å². The van der Waals surface area contributed by atoms with Gasteiger partial charge in [-0.3, -0.25) is 0 Å². The molecule has 1 aromatic rings. The molecule has 2 rings (SSSR count). The van der Waals surface area contributed by atoms with Crippen LogP contribution in [0, 0.1) is 13.8 Å². The van der Waals surface area contributed by atoms with E-state index in [9.17, 15) is 0 Å². The highest BCUT2D eigenvalue weighted by Gasteiger charge is 2.18. The van der Waals surface area contributed by atoms with Gasteiger partial charge in [-0.05, 0) is 68.0 Å². The van der Waals surface area contributed by atoms with Gasteiger partial charge < -0.3 is 5.32 Å². The summed E-state index contributed by atoms with van der Waals surface area (Å²) in [7, 11) is 0. The van der Waals surface area contributed by atoms with Crippen LogP contribution in [-0.4, -0.2) is 13.1 Å². The first-order valence-electron chi connectivity index (χ1n) is 5.66. The summed E-state index contributed by atoms with van der Waals surface area (Å²) in [6, 6.07) is 4.16. The van der Waals surface area contributed by atoms with Gasteiger partial charge in [0.15, 0.2) is 0 Å². The number of halogens is 1. The van der Waals surface area contributed by atoms with Crippen LogP contribution in [0.4, 0.5) is 0 Å². The molecule has 2 heteroatoms. The molecule has 0 amide bonds. The SMILES string of the molecule is Cc1cc(Cl)cc(C)c1C1CCCNC1. The van der Waals surface area contributed by atoms with E-state index in [4.69, 9.17) is 11.6 Å². The maximum absolute atomic E-state index is 6.05. The summed E-state index contributed by atoms with van der Waals surface area (Å²) >= 11 is 6.05. The van der Waals surface area contributed by atoms with Crippen molar-refractivity contribution in [3.05, 3.63) is 33.8 Å². The summed E-state index contributed by atoms with van der Waals surface area (Å²) in [6.45, 7) is 6.62. The molecule has 1 atom stereocenters. The fraction of sp³-hybridized carbons (Fsp3) is 0.538. The topological polar surface area (TPSA) is 12.0 Å². The van der Waals surface area contributed by atoms with E-state index in [1.165, 1.54) is 36.1 Å². The molecule has 1 aromatic carbocycles. The summed E-state index contributed by atoms with van der Waals surface area (Å²) in [5, 5.41) is 4.33. The Morgan fingerprint density at radius 2 is 1.93 bits per heavy atom. The van der Waals surface area contributed by atoms with Crippen LogP contribution in [0.3, 0.4) is 0 Å². The summed E-state index contributed by atoms with van der Waals surface area (Å²) in [4.78, 5) is 0. The molecule has 15 heavy (non-hydrogen) atoms. The Labute approximate surface area is 96.8 Å². The Hall–Kier alpha value is -0.530. The Morgan fingerprint density at radius 3 is 2.47 bits per heavy atom. The van der Waals surface area contributed by atoms with Crippen LogP contribution in [0.15, 0.2) is 12.1 Å². The van der Waals surface area contributed by atoms with Crippen LogP contribution in [-0.2, 0) is 0 Å². The Balaban J connectivity index is 2.33. The van der Waals surface area contributed by atoms with Crippen molar-refractivity contribution in [3.63, 3.8) is 0 Å². The summed E-state index contributed by atoms with van der Waals surface area (Å²) < 4.78 is 0. The molecule has 0 radical (unpaired) electrons. The van der Waals surface area contributed by atoms with E-state index in [1.807, 2.05) is 0 Å². The first kappa shape index (κ1) is 11.0. The third-order valence-corrected chi connectivity index (χ3v) is 3.48. The fourth-order valence-electron chi connectivity index (χ4n) is 2.66. The summed E-state index contributed by atoms with van der Waals surface area (Å²) in [6.07, 6.45) is 2.59. The second kappa shape index (κ2) is 4.54. The second-order valence-corrected chi connectivity index (χ2v) is 4.93. The van der Waals surface area contributed by atoms with Crippen LogP contribution >= 0.6 is 11.6 Å². The predicted molar refractivity (Wildman–Crippen MR) is 65.8 cm³/mol. The zero-order chi connectivity index (χ0) is 10.8. The van der Waals surface area contributed by atoms with Crippen LogP contribution in [0.5, 0.6) is 0 Å². The number of rotatable bonds is 1. The monoisotopic (exact) mass is 223 g/mol. The highest BCUT2D eigenvalue weighted by Crippen LogP contribution is 2.30. The first-order chi connectivity index (χ1) is 7.18. The van der Waals surface area contributed by atoms with Crippen molar-refractivity contribution in [2.75, 3.05) is 13.1 Å². The molecule has 1 aliphatic heterocycles. The van der Waals surface area contributed by atoms with E-state index in [1.54, 1.807) is 0 Å². The van der Waals surface area contributed by atoms with Gasteiger partial charge in [-0.15, -0.1) is 0 Å². The smallest absolute Gasteiger partial charge is 0.0411 e. The third-order valence-electron chi connectivity index (χ3n) is 3.26. The molecule has 0 spiro atoms. The summed E-state index contributed by atoms with van der Waals surface area (Å²) in [5.41, 5.74) is 4.19. The summed E-state index contributed by atoms with van der Waals surface area (Å²) in [5.74, 6) is 0.677. The van der Waals surface area contributed by atoms with Crippen LogP contribution in [0.25, 0.3) is 0 Å². The molecule has 0 bridgehead atoms. The number of benzene rings is 1. The Kier molecular flexibility index (Phi) is 3.32. The maximum Gasteiger partial charge on any atom is 0.0411 e. The highest BCUT2D eigenvalue weighted by atomic mass is 35.5. The van der Waals surface area contributed by atoms with Crippen molar-refractivity contribution in [1.82, 2.24) is 5.32 Å². The molecule has 1 heterocycles. The van der Waals surface area contributed by atoms with Crippen molar-refractivity contribution < 1.29 is 0 Å². The largest absolute Gasteiger partial charge is 0.316 e. The lowest BCUT2D eigenvalue weighted by molar-refractivity contribution is 0.459. The normalized spacial score (nSPS) is 21.7. The molecule has 1 aliphatic rings. The van der Waals surface area contributed by atoms with Gasteiger partial charge in [-0.1, -0.05) is 11.6 Å². The molecule has 1 saturated heterocycles. The zero-order valence-corrected chi connectivity index (χ0v) is 10.2. The molecule has 0 saturated carbocycles. The molecule has 0 aromatic heterocycles. The maximum atomic E-state index is 6.05. The van der Waals surface area contributed by atoms with Gasteiger partial charge in [0, 0.05) is 11.6 Å². The van der Waals surface area contributed by atoms with Crippen molar-refractivity contribution >= 4 is 11.6 Å². The van der Waals surface area contributed by atoms with Gasteiger partial charge in [0.25, 0.3) is 0 Å². The molecule has 1 unspecified atom stereocenters. The van der Waals surface area contributed by atoms with Crippen molar-refractivity contribution in [1.29, 1.82) is 0 Å². The molecule has 1 nitrogen and oxygen atoms in total. The van der Waals surface area contributed by atoms with Crippen molar-refractivity contribution in [2.24, 2.45) is 0 Å². The lowest BCUT2D eigenvalue weighted by Crippen LogP contribution is -2.29. The van der Waals surface area contributed by atoms with Crippen molar-refractivity contribution in [2.45, 2.75) is 32.6 Å². The molecule has 1 N–H and O–H groups in total. The van der Waals surface area contributed by atoms with Crippen LogP contribution in [0.1, 0.15) is 35.4 Å². The number of hydrogen-bond acceptors (Lipinski definition) is 1. The minimum atomic E-state index is 0.677. The van der Waals surface area contributed by atoms with Crippen LogP contribution < -0.4 is 5.32 Å². The molecular formula is C13H18ClN. The number of hydrogen-bond donors (Lipinski definition) is 1. The average Bonchev–Trinajstić information content (AvgIpc) is 2.17. The number of nitrogens with one attached hydrogen (secondary N) is 1. The fourth-order valence-corrected chi connectivity index (χ4v) is 2.99. The quantitative estimate of drug-likeness (QED) is 0.770. The second-order valence-electron chi connectivity index (χ2n) is 4.50.